The minimum Gasteiger partial charge on any atom is -0.487 e. The van der Waals surface area contributed by atoms with Gasteiger partial charge < -0.3 is 10.1 Å². The van der Waals surface area contributed by atoms with Crippen molar-refractivity contribution in [1.29, 1.82) is 0 Å². The van der Waals surface area contributed by atoms with Gasteiger partial charge in [0.1, 0.15) is 27.9 Å². The molecule has 0 saturated carbocycles. The van der Waals surface area contributed by atoms with E-state index >= 15 is 0 Å². The Labute approximate surface area is 199 Å². The molecule has 1 aromatic carbocycles. The van der Waals surface area contributed by atoms with Crippen molar-refractivity contribution < 1.29 is 9.53 Å². The zero-order valence-electron chi connectivity index (χ0n) is 17.5. The van der Waals surface area contributed by atoms with Crippen molar-refractivity contribution in [3.05, 3.63) is 68.3 Å². The lowest BCUT2D eigenvalue weighted by molar-refractivity contribution is -0.120. The molecular weight excluding hydrogens is 467 g/mol. The SMILES string of the molecule is CCC(=O)NCc1cncc(Cl)c1COc1cccc2c(-c3ncsc3Cl)cc(C)nc12. The van der Waals surface area contributed by atoms with Gasteiger partial charge in [-0.05, 0) is 24.6 Å². The molecule has 0 fully saturated rings. The molecule has 1 amide bonds. The predicted molar refractivity (Wildman–Crippen MR) is 128 cm³/mol. The van der Waals surface area contributed by atoms with E-state index in [4.69, 9.17) is 32.9 Å². The molecule has 0 atom stereocenters. The maximum atomic E-state index is 11.7. The molecule has 0 aliphatic carbocycles. The summed E-state index contributed by atoms with van der Waals surface area (Å²) >= 11 is 14.2. The van der Waals surface area contributed by atoms with Gasteiger partial charge in [0.2, 0.25) is 5.91 Å². The van der Waals surface area contributed by atoms with E-state index in [1.807, 2.05) is 31.2 Å². The van der Waals surface area contributed by atoms with E-state index in [0.29, 0.717) is 28.1 Å². The zero-order chi connectivity index (χ0) is 22.7. The highest BCUT2D eigenvalue weighted by molar-refractivity contribution is 7.14. The Morgan fingerprint density at radius 3 is 2.84 bits per heavy atom. The Morgan fingerprint density at radius 2 is 2.09 bits per heavy atom. The summed E-state index contributed by atoms with van der Waals surface area (Å²) < 4.78 is 6.81. The summed E-state index contributed by atoms with van der Waals surface area (Å²) in [6.45, 7) is 4.27. The van der Waals surface area contributed by atoms with Gasteiger partial charge in [-0.25, -0.2) is 9.97 Å². The minimum atomic E-state index is -0.0428. The smallest absolute Gasteiger partial charge is 0.219 e. The molecule has 3 heterocycles. The summed E-state index contributed by atoms with van der Waals surface area (Å²) in [5, 5.41) is 4.24. The number of carbonyl (C=O) groups is 1. The molecule has 0 aliphatic heterocycles. The third kappa shape index (κ3) is 4.70. The first-order valence-corrected chi connectivity index (χ1v) is 11.6. The van der Waals surface area contributed by atoms with E-state index in [-0.39, 0.29) is 12.5 Å². The van der Waals surface area contributed by atoms with E-state index in [0.717, 1.165) is 39.0 Å². The van der Waals surface area contributed by atoms with Gasteiger partial charge >= 0.3 is 0 Å². The molecule has 32 heavy (non-hydrogen) atoms. The standard InChI is InChI=1S/C23H20Cl2N4O2S/c1-3-20(30)27-9-14-8-26-10-18(24)17(14)11-31-19-6-4-5-15-16(7-13(2)29-21(15)19)22-23(25)32-12-28-22/h4-8,10,12H,3,9,11H2,1-2H3,(H,27,30). The summed E-state index contributed by atoms with van der Waals surface area (Å²) in [5.74, 6) is 0.578. The second kappa shape index (κ2) is 9.81. The second-order valence-corrected chi connectivity index (χ2v) is 8.98. The molecule has 0 radical (unpaired) electrons. The van der Waals surface area contributed by atoms with Crippen LogP contribution >= 0.6 is 34.5 Å². The zero-order valence-corrected chi connectivity index (χ0v) is 19.8. The first kappa shape index (κ1) is 22.5. The van der Waals surface area contributed by atoms with Crippen LogP contribution in [-0.4, -0.2) is 20.9 Å². The summed E-state index contributed by atoms with van der Waals surface area (Å²) in [7, 11) is 0. The topological polar surface area (TPSA) is 77.0 Å². The number of nitrogens with zero attached hydrogens (tertiary/aromatic N) is 3. The first-order chi connectivity index (χ1) is 15.5. The highest BCUT2D eigenvalue weighted by Gasteiger charge is 2.16. The highest BCUT2D eigenvalue weighted by atomic mass is 35.5. The molecule has 9 heteroatoms. The highest BCUT2D eigenvalue weighted by Crippen LogP contribution is 2.37. The lowest BCUT2D eigenvalue weighted by Gasteiger charge is -2.15. The van der Waals surface area contributed by atoms with Crippen molar-refractivity contribution in [1.82, 2.24) is 20.3 Å². The number of nitrogens with one attached hydrogen (secondary N) is 1. The van der Waals surface area contributed by atoms with Crippen LogP contribution in [0, 0.1) is 6.92 Å². The maximum absolute atomic E-state index is 11.7. The molecule has 0 unspecified atom stereocenters. The van der Waals surface area contributed by atoms with Crippen LogP contribution in [0.4, 0.5) is 0 Å². The van der Waals surface area contributed by atoms with Crippen molar-refractivity contribution in [3.8, 4) is 17.0 Å². The van der Waals surface area contributed by atoms with E-state index < -0.39 is 0 Å². The number of benzene rings is 1. The van der Waals surface area contributed by atoms with Crippen LogP contribution in [0.1, 0.15) is 30.2 Å². The molecule has 3 aromatic heterocycles. The number of pyridine rings is 2. The Morgan fingerprint density at radius 1 is 1.25 bits per heavy atom. The van der Waals surface area contributed by atoms with Crippen molar-refractivity contribution in [2.24, 2.45) is 0 Å². The van der Waals surface area contributed by atoms with Crippen LogP contribution < -0.4 is 10.1 Å². The number of fused-ring (bicyclic) bond motifs is 1. The molecule has 0 aliphatic rings. The fourth-order valence-electron chi connectivity index (χ4n) is 3.35. The van der Waals surface area contributed by atoms with E-state index in [9.17, 15) is 4.79 Å². The maximum Gasteiger partial charge on any atom is 0.219 e. The number of carbonyl (C=O) groups excluding carboxylic acids is 1. The van der Waals surface area contributed by atoms with Crippen molar-refractivity contribution in [2.45, 2.75) is 33.4 Å². The fraction of sp³-hybridized carbons (Fsp3) is 0.217. The first-order valence-electron chi connectivity index (χ1n) is 9.98. The normalized spacial score (nSPS) is 11.0. The van der Waals surface area contributed by atoms with Crippen LogP contribution in [0.5, 0.6) is 5.75 Å². The van der Waals surface area contributed by atoms with E-state index in [1.165, 1.54) is 11.3 Å². The summed E-state index contributed by atoms with van der Waals surface area (Å²) in [6, 6.07) is 7.73. The fourth-order valence-corrected chi connectivity index (χ4v) is 4.38. The number of halogens is 2. The summed E-state index contributed by atoms with van der Waals surface area (Å²) in [5.41, 5.74) is 6.49. The lowest BCUT2D eigenvalue weighted by Crippen LogP contribution is -2.22. The Bertz CT molecular complexity index is 1290. The van der Waals surface area contributed by atoms with Crippen LogP contribution in [0.15, 0.2) is 42.2 Å². The Balaban J connectivity index is 1.68. The van der Waals surface area contributed by atoms with E-state index in [1.54, 1.807) is 24.8 Å². The number of para-hydroxylation sites is 1. The largest absolute Gasteiger partial charge is 0.487 e. The monoisotopic (exact) mass is 486 g/mol. The van der Waals surface area contributed by atoms with Gasteiger partial charge in [-0.1, -0.05) is 42.3 Å². The average molecular weight is 487 g/mol. The van der Waals surface area contributed by atoms with Crippen molar-refractivity contribution in [2.75, 3.05) is 0 Å². The van der Waals surface area contributed by atoms with Crippen molar-refractivity contribution >= 4 is 51.3 Å². The van der Waals surface area contributed by atoms with Gasteiger partial charge in [0.25, 0.3) is 0 Å². The number of thiazole rings is 1. The van der Waals surface area contributed by atoms with Crippen LogP contribution in [0.3, 0.4) is 0 Å². The molecule has 0 bridgehead atoms. The van der Waals surface area contributed by atoms with Crippen LogP contribution in [0.2, 0.25) is 9.36 Å². The van der Waals surface area contributed by atoms with Crippen LogP contribution in [0.25, 0.3) is 22.2 Å². The van der Waals surface area contributed by atoms with Gasteiger partial charge in [0.15, 0.2) is 0 Å². The van der Waals surface area contributed by atoms with E-state index in [2.05, 4.69) is 15.3 Å². The number of ether oxygens (including phenoxy) is 1. The van der Waals surface area contributed by atoms with Crippen molar-refractivity contribution in [3.63, 3.8) is 0 Å². The number of aryl methyl sites for hydroxylation is 1. The molecule has 1 N–H and O–H groups in total. The molecular formula is C23H20Cl2N4O2S. The third-order valence-electron chi connectivity index (χ3n) is 4.97. The Kier molecular flexibility index (Phi) is 6.89. The minimum absolute atomic E-state index is 0.0428. The number of amides is 1. The summed E-state index contributed by atoms with van der Waals surface area (Å²) in [4.78, 5) is 25.0. The quantitative estimate of drug-likeness (QED) is 0.347. The predicted octanol–water partition coefficient (Wildman–Crippen LogP) is 5.97. The molecule has 6 nitrogen and oxygen atoms in total. The number of hydrogen-bond donors (Lipinski definition) is 1. The third-order valence-corrected chi connectivity index (χ3v) is 6.36. The Hall–Kier alpha value is -2.74. The molecule has 4 rings (SSSR count). The average Bonchev–Trinajstić information content (AvgIpc) is 3.22. The number of aromatic nitrogens is 3. The van der Waals surface area contributed by atoms with Gasteiger partial charge in [-0.15, -0.1) is 11.3 Å². The molecule has 0 saturated heterocycles. The number of rotatable bonds is 7. The second-order valence-electron chi connectivity index (χ2n) is 7.12. The van der Waals surface area contributed by atoms with Gasteiger partial charge in [-0.3, -0.25) is 9.78 Å². The molecule has 164 valence electrons. The van der Waals surface area contributed by atoms with Gasteiger partial charge in [0, 0.05) is 47.6 Å². The van der Waals surface area contributed by atoms with Gasteiger partial charge in [0.05, 0.1) is 10.5 Å². The molecule has 0 spiro atoms. The summed E-state index contributed by atoms with van der Waals surface area (Å²) in [6.07, 6.45) is 3.67. The van der Waals surface area contributed by atoms with Gasteiger partial charge in [-0.2, -0.15) is 0 Å². The number of hydrogen-bond acceptors (Lipinski definition) is 6. The molecule has 4 aromatic rings. The van der Waals surface area contributed by atoms with Crippen LogP contribution in [-0.2, 0) is 17.9 Å². The lowest BCUT2D eigenvalue weighted by atomic mass is 10.0.